The predicted molar refractivity (Wildman–Crippen MR) is 86.8 cm³/mol. The number of fused-ring (bicyclic) bond motifs is 1. The zero-order chi connectivity index (χ0) is 15.7. The number of para-hydroxylation sites is 1. The van der Waals surface area contributed by atoms with Crippen LogP contribution in [0.4, 0.5) is 5.69 Å². The highest BCUT2D eigenvalue weighted by atomic mass is 32.2. The quantitative estimate of drug-likeness (QED) is 0.832. The molecular weight excluding hydrogens is 300 g/mol. The van der Waals surface area contributed by atoms with Gasteiger partial charge in [-0.25, -0.2) is 8.42 Å². The van der Waals surface area contributed by atoms with Crippen LogP contribution in [0.3, 0.4) is 0 Å². The van der Waals surface area contributed by atoms with Crippen molar-refractivity contribution in [1.82, 2.24) is 4.90 Å². The Morgan fingerprint density at radius 3 is 2.86 bits per heavy atom. The largest absolute Gasteiger partial charge is 0.370 e. The molecule has 120 valence electrons. The maximum absolute atomic E-state index is 12.3. The van der Waals surface area contributed by atoms with E-state index in [9.17, 15) is 13.2 Å². The maximum Gasteiger partial charge on any atom is 0.224 e. The molecule has 0 radical (unpaired) electrons. The van der Waals surface area contributed by atoms with E-state index in [1.165, 1.54) is 11.3 Å². The van der Waals surface area contributed by atoms with E-state index in [0.717, 1.165) is 13.0 Å². The molecule has 0 aliphatic carbocycles. The van der Waals surface area contributed by atoms with Crippen molar-refractivity contribution >= 4 is 21.4 Å². The molecular formula is C16H22N2O3S. The number of anilines is 1. The molecule has 1 aromatic rings. The Morgan fingerprint density at radius 1 is 1.36 bits per heavy atom. The zero-order valence-corrected chi connectivity index (χ0v) is 13.7. The van der Waals surface area contributed by atoms with E-state index in [-0.39, 0.29) is 23.5 Å². The summed E-state index contributed by atoms with van der Waals surface area (Å²) in [6.45, 7) is 1.65. The minimum Gasteiger partial charge on any atom is -0.370 e. The molecule has 0 spiro atoms. The van der Waals surface area contributed by atoms with Crippen LogP contribution in [0, 0.1) is 0 Å². The summed E-state index contributed by atoms with van der Waals surface area (Å²) in [5.74, 6) is 0.350. The van der Waals surface area contributed by atoms with Gasteiger partial charge in [-0.05, 0) is 24.5 Å². The third-order valence-electron chi connectivity index (χ3n) is 4.73. The molecule has 22 heavy (non-hydrogen) atoms. The smallest absolute Gasteiger partial charge is 0.224 e. The first-order valence-corrected chi connectivity index (χ1v) is 9.57. The molecule has 1 saturated heterocycles. The van der Waals surface area contributed by atoms with Gasteiger partial charge in [0.05, 0.1) is 11.5 Å². The Labute approximate surface area is 131 Å². The van der Waals surface area contributed by atoms with Crippen molar-refractivity contribution in [2.45, 2.75) is 25.3 Å². The summed E-state index contributed by atoms with van der Waals surface area (Å²) in [7, 11) is -1.22. The van der Waals surface area contributed by atoms with Gasteiger partial charge in [-0.2, -0.15) is 0 Å². The molecule has 2 aliphatic rings. The summed E-state index contributed by atoms with van der Waals surface area (Å²) in [4.78, 5) is 16.2. The molecule has 2 heterocycles. The van der Waals surface area contributed by atoms with Crippen molar-refractivity contribution in [1.29, 1.82) is 0 Å². The van der Waals surface area contributed by atoms with Crippen LogP contribution in [0.15, 0.2) is 24.3 Å². The number of nitrogens with zero attached hydrogens (tertiary/aromatic N) is 2. The van der Waals surface area contributed by atoms with E-state index < -0.39 is 9.84 Å². The molecule has 1 fully saturated rings. The molecule has 0 bridgehead atoms. The highest BCUT2D eigenvalue weighted by Gasteiger charge is 2.32. The van der Waals surface area contributed by atoms with Crippen LogP contribution in [-0.4, -0.2) is 56.9 Å². The summed E-state index contributed by atoms with van der Waals surface area (Å²) >= 11 is 0. The van der Waals surface area contributed by atoms with Crippen LogP contribution in [-0.2, 0) is 21.1 Å². The van der Waals surface area contributed by atoms with E-state index >= 15 is 0 Å². The Hall–Kier alpha value is -1.56. The molecule has 1 aromatic carbocycles. The van der Waals surface area contributed by atoms with Crippen LogP contribution in [0.1, 0.15) is 18.4 Å². The molecule has 1 amide bonds. The normalized spacial score (nSPS) is 22.6. The van der Waals surface area contributed by atoms with Crippen LogP contribution in [0.2, 0.25) is 0 Å². The van der Waals surface area contributed by atoms with Crippen LogP contribution in [0.5, 0.6) is 0 Å². The molecule has 2 aliphatic heterocycles. The standard InChI is InChI=1S/C16H22N2O3S/c1-17(14-8-11-22(20,21)12-14)16(19)7-10-18-9-6-13-4-2-3-5-15(13)18/h2-5,14H,6-12H2,1H3. The van der Waals surface area contributed by atoms with Gasteiger partial charge in [-0.3, -0.25) is 4.79 Å². The van der Waals surface area contributed by atoms with Crippen LogP contribution < -0.4 is 4.90 Å². The average Bonchev–Trinajstić information content (AvgIpc) is 3.07. The minimum absolute atomic E-state index is 0.0338. The van der Waals surface area contributed by atoms with Gasteiger partial charge >= 0.3 is 0 Å². The van der Waals surface area contributed by atoms with Crippen molar-refractivity contribution in [2.75, 3.05) is 36.5 Å². The highest BCUT2D eigenvalue weighted by Crippen LogP contribution is 2.27. The second-order valence-corrected chi connectivity index (χ2v) is 8.41. The van der Waals surface area contributed by atoms with Crippen molar-refractivity contribution in [2.24, 2.45) is 0 Å². The number of amides is 1. The van der Waals surface area contributed by atoms with Gasteiger partial charge in [-0.1, -0.05) is 18.2 Å². The lowest BCUT2D eigenvalue weighted by atomic mass is 10.2. The minimum atomic E-state index is -2.95. The number of hydrogen-bond acceptors (Lipinski definition) is 4. The fraction of sp³-hybridized carbons (Fsp3) is 0.562. The molecule has 0 saturated carbocycles. The van der Waals surface area contributed by atoms with Crippen LogP contribution in [0.25, 0.3) is 0 Å². The highest BCUT2D eigenvalue weighted by molar-refractivity contribution is 7.91. The lowest BCUT2D eigenvalue weighted by molar-refractivity contribution is -0.131. The number of rotatable bonds is 4. The summed E-state index contributed by atoms with van der Waals surface area (Å²) in [5.41, 5.74) is 2.56. The van der Waals surface area contributed by atoms with Gasteiger partial charge in [-0.15, -0.1) is 0 Å². The van der Waals surface area contributed by atoms with Crippen molar-refractivity contribution in [3.8, 4) is 0 Å². The third-order valence-corrected chi connectivity index (χ3v) is 6.48. The van der Waals surface area contributed by atoms with E-state index in [1.54, 1.807) is 11.9 Å². The molecule has 3 rings (SSSR count). The summed E-state index contributed by atoms with van der Waals surface area (Å²) in [6, 6.07) is 8.14. The number of benzene rings is 1. The molecule has 1 atom stereocenters. The Balaban J connectivity index is 1.55. The number of carbonyl (C=O) groups is 1. The SMILES string of the molecule is CN(C(=O)CCN1CCc2ccccc21)C1CCS(=O)(=O)C1. The molecule has 6 heteroatoms. The van der Waals surface area contributed by atoms with E-state index in [4.69, 9.17) is 0 Å². The Morgan fingerprint density at radius 2 is 2.14 bits per heavy atom. The Bertz CT molecular complexity index is 672. The third kappa shape index (κ3) is 3.11. The van der Waals surface area contributed by atoms with Gasteiger partial charge in [0.25, 0.3) is 0 Å². The monoisotopic (exact) mass is 322 g/mol. The first-order valence-electron chi connectivity index (χ1n) is 7.75. The van der Waals surface area contributed by atoms with Crippen LogP contribution >= 0.6 is 0 Å². The van der Waals surface area contributed by atoms with Crippen molar-refractivity contribution in [3.63, 3.8) is 0 Å². The van der Waals surface area contributed by atoms with Gasteiger partial charge in [0.1, 0.15) is 0 Å². The molecule has 5 nitrogen and oxygen atoms in total. The number of hydrogen-bond donors (Lipinski definition) is 0. The topological polar surface area (TPSA) is 57.7 Å². The van der Waals surface area contributed by atoms with Gasteiger partial charge in [0.2, 0.25) is 5.91 Å². The fourth-order valence-corrected chi connectivity index (χ4v) is 5.10. The van der Waals surface area contributed by atoms with Crippen molar-refractivity contribution < 1.29 is 13.2 Å². The summed E-state index contributed by atoms with van der Waals surface area (Å²) < 4.78 is 23.1. The second kappa shape index (κ2) is 5.91. The van der Waals surface area contributed by atoms with Gasteiger partial charge in [0.15, 0.2) is 9.84 Å². The Kier molecular flexibility index (Phi) is 4.12. The molecule has 0 N–H and O–H groups in total. The van der Waals surface area contributed by atoms with E-state index in [2.05, 4.69) is 17.0 Å². The lowest BCUT2D eigenvalue weighted by Gasteiger charge is -2.25. The second-order valence-electron chi connectivity index (χ2n) is 6.18. The van der Waals surface area contributed by atoms with Gasteiger partial charge in [0, 0.05) is 38.3 Å². The maximum atomic E-state index is 12.3. The zero-order valence-electron chi connectivity index (χ0n) is 12.9. The molecule has 0 aromatic heterocycles. The first-order chi connectivity index (χ1) is 10.5. The molecule has 1 unspecified atom stereocenters. The average molecular weight is 322 g/mol. The number of sulfone groups is 1. The summed E-state index contributed by atoms with van der Waals surface area (Å²) in [6.07, 6.45) is 2.03. The van der Waals surface area contributed by atoms with E-state index in [0.29, 0.717) is 19.4 Å². The number of carbonyl (C=O) groups excluding carboxylic acids is 1. The van der Waals surface area contributed by atoms with Crippen molar-refractivity contribution in [3.05, 3.63) is 29.8 Å². The predicted octanol–water partition coefficient (Wildman–Crippen LogP) is 1.08. The van der Waals surface area contributed by atoms with Gasteiger partial charge < -0.3 is 9.80 Å². The lowest BCUT2D eigenvalue weighted by Crippen LogP contribution is -2.39. The fourth-order valence-electron chi connectivity index (χ4n) is 3.33. The van der Waals surface area contributed by atoms with E-state index in [1.807, 2.05) is 12.1 Å². The summed E-state index contributed by atoms with van der Waals surface area (Å²) in [5, 5.41) is 0. The first kappa shape index (κ1) is 15.3.